The Morgan fingerprint density at radius 2 is 1.58 bits per heavy atom. The average Bonchev–Trinajstić information content (AvgIpc) is 3.04. The van der Waals surface area contributed by atoms with Crippen LogP contribution in [0.5, 0.6) is 0 Å². The summed E-state index contributed by atoms with van der Waals surface area (Å²) in [5, 5.41) is 0.844. The van der Waals surface area contributed by atoms with Crippen LogP contribution in [0.3, 0.4) is 0 Å². The summed E-state index contributed by atoms with van der Waals surface area (Å²) in [6.45, 7) is 4.77. The Morgan fingerprint density at radius 3 is 2.27 bits per heavy atom. The van der Waals surface area contributed by atoms with Crippen LogP contribution in [-0.2, 0) is 11.3 Å². The van der Waals surface area contributed by atoms with E-state index in [2.05, 4.69) is 45.1 Å². The fraction of sp³-hybridized carbons (Fsp3) is 0.238. The standard InChI is InChI=1S/C21H21N3OS/c25-20-19(15-17-7-3-1-4-8-17)26-21(22-20)24-13-11-23(12-14-24)16-18-9-5-2-6-10-18/h1-10,15H,11-14,16H2/b19-15-. The summed E-state index contributed by atoms with van der Waals surface area (Å²) in [5.41, 5.74) is 2.38. The zero-order valence-electron chi connectivity index (χ0n) is 14.5. The smallest absolute Gasteiger partial charge is 0.286 e. The van der Waals surface area contributed by atoms with Crippen LogP contribution in [0.2, 0.25) is 0 Å². The van der Waals surface area contributed by atoms with Gasteiger partial charge < -0.3 is 4.90 Å². The van der Waals surface area contributed by atoms with Gasteiger partial charge in [0.25, 0.3) is 5.91 Å². The largest absolute Gasteiger partial charge is 0.348 e. The molecule has 5 heteroatoms. The van der Waals surface area contributed by atoms with Gasteiger partial charge in [0.05, 0.1) is 4.91 Å². The Kier molecular flexibility index (Phi) is 5.18. The number of benzene rings is 2. The second-order valence-electron chi connectivity index (χ2n) is 6.47. The first-order valence-electron chi connectivity index (χ1n) is 8.87. The van der Waals surface area contributed by atoms with Crippen LogP contribution < -0.4 is 0 Å². The van der Waals surface area contributed by atoms with E-state index in [1.165, 1.54) is 17.3 Å². The zero-order chi connectivity index (χ0) is 17.8. The summed E-state index contributed by atoms with van der Waals surface area (Å²) in [5.74, 6) is -0.124. The number of piperazine rings is 1. The molecular weight excluding hydrogens is 342 g/mol. The lowest BCUT2D eigenvalue weighted by atomic mass is 10.2. The van der Waals surface area contributed by atoms with Gasteiger partial charge in [-0.05, 0) is 29.0 Å². The molecule has 2 aromatic rings. The van der Waals surface area contributed by atoms with Crippen molar-refractivity contribution in [1.29, 1.82) is 0 Å². The summed E-state index contributed by atoms with van der Waals surface area (Å²) in [6.07, 6.45) is 1.93. The van der Waals surface area contributed by atoms with E-state index >= 15 is 0 Å². The summed E-state index contributed by atoms with van der Waals surface area (Å²) in [7, 11) is 0. The predicted octanol–water partition coefficient (Wildman–Crippen LogP) is 3.47. The third-order valence-corrected chi connectivity index (χ3v) is 5.64. The van der Waals surface area contributed by atoms with E-state index in [-0.39, 0.29) is 5.91 Å². The van der Waals surface area contributed by atoms with Crippen LogP contribution in [0, 0.1) is 0 Å². The maximum absolute atomic E-state index is 12.2. The highest BCUT2D eigenvalue weighted by atomic mass is 32.2. The summed E-state index contributed by atoms with van der Waals surface area (Å²) in [4.78, 5) is 21.9. The molecule has 26 heavy (non-hydrogen) atoms. The molecule has 0 unspecified atom stereocenters. The van der Waals surface area contributed by atoms with Gasteiger partial charge in [0.2, 0.25) is 0 Å². The van der Waals surface area contributed by atoms with E-state index in [4.69, 9.17) is 0 Å². The molecule has 4 nitrogen and oxygen atoms in total. The van der Waals surface area contributed by atoms with Crippen LogP contribution in [0.4, 0.5) is 0 Å². The van der Waals surface area contributed by atoms with Gasteiger partial charge in [-0.2, -0.15) is 4.99 Å². The topological polar surface area (TPSA) is 35.9 Å². The van der Waals surface area contributed by atoms with Gasteiger partial charge in [0, 0.05) is 32.7 Å². The van der Waals surface area contributed by atoms with Crippen molar-refractivity contribution >= 4 is 28.9 Å². The third kappa shape index (κ3) is 4.06. The van der Waals surface area contributed by atoms with E-state index in [0.717, 1.165) is 43.5 Å². The lowest BCUT2D eigenvalue weighted by molar-refractivity contribution is -0.113. The first-order chi connectivity index (χ1) is 12.8. The second kappa shape index (κ2) is 7.89. The number of amidine groups is 1. The molecule has 2 aliphatic heterocycles. The lowest BCUT2D eigenvalue weighted by Crippen LogP contribution is -2.47. The summed E-state index contributed by atoms with van der Waals surface area (Å²) in [6, 6.07) is 20.5. The normalized spacial score (nSPS) is 19.8. The molecule has 0 aromatic heterocycles. The number of thioether (sulfide) groups is 1. The van der Waals surface area contributed by atoms with Crippen molar-refractivity contribution in [3.05, 3.63) is 76.7 Å². The van der Waals surface area contributed by atoms with Gasteiger partial charge in [-0.1, -0.05) is 60.7 Å². The molecule has 0 bridgehead atoms. The van der Waals surface area contributed by atoms with Gasteiger partial charge in [-0.15, -0.1) is 0 Å². The number of nitrogens with zero attached hydrogens (tertiary/aromatic N) is 3. The first-order valence-corrected chi connectivity index (χ1v) is 9.68. The summed E-state index contributed by atoms with van der Waals surface area (Å²) < 4.78 is 0. The number of carbonyl (C=O) groups excluding carboxylic acids is 1. The molecule has 1 amide bonds. The molecule has 0 aliphatic carbocycles. The lowest BCUT2D eigenvalue weighted by Gasteiger charge is -2.35. The van der Waals surface area contributed by atoms with E-state index in [1.807, 2.05) is 36.4 Å². The van der Waals surface area contributed by atoms with E-state index in [0.29, 0.717) is 4.91 Å². The Hall–Kier alpha value is -2.37. The van der Waals surface area contributed by atoms with Gasteiger partial charge >= 0.3 is 0 Å². The van der Waals surface area contributed by atoms with Crippen molar-refractivity contribution < 1.29 is 4.79 Å². The van der Waals surface area contributed by atoms with Crippen LogP contribution in [0.15, 0.2) is 70.6 Å². The van der Waals surface area contributed by atoms with Crippen LogP contribution in [-0.4, -0.2) is 47.1 Å². The summed E-state index contributed by atoms with van der Waals surface area (Å²) >= 11 is 1.49. The molecule has 2 aromatic carbocycles. The van der Waals surface area contributed by atoms with Crippen molar-refractivity contribution in [2.45, 2.75) is 6.54 Å². The fourth-order valence-electron chi connectivity index (χ4n) is 3.17. The highest BCUT2D eigenvalue weighted by Gasteiger charge is 2.28. The van der Waals surface area contributed by atoms with Crippen LogP contribution in [0.1, 0.15) is 11.1 Å². The number of rotatable bonds is 3. The van der Waals surface area contributed by atoms with E-state index in [1.54, 1.807) is 0 Å². The minimum absolute atomic E-state index is 0.124. The highest BCUT2D eigenvalue weighted by Crippen LogP contribution is 2.30. The molecule has 1 saturated heterocycles. The third-order valence-electron chi connectivity index (χ3n) is 4.60. The molecule has 0 saturated carbocycles. The Balaban J connectivity index is 1.34. The molecule has 4 rings (SSSR count). The van der Waals surface area contributed by atoms with Gasteiger partial charge in [0.15, 0.2) is 5.17 Å². The van der Waals surface area contributed by atoms with Crippen molar-refractivity contribution in [2.75, 3.05) is 26.2 Å². The Labute approximate surface area is 158 Å². The highest BCUT2D eigenvalue weighted by molar-refractivity contribution is 8.18. The van der Waals surface area contributed by atoms with Crippen LogP contribution >= 0.6 is 11.8 Å². The van der Waals surface area contributed by atoms with E-state index < -0.39 is 0 Å². The zero-order valence-corrected chi connectivity index (χ0v) is 15.4. The number of aliphatic imine (C=N–C) groups is 1. The SMILES string of the molecule is O=C1N=C(N2CCN(Cc3ccccc3)CC2)S/C1=C\c1ccccc1. The molecule has 2 heterocycles. The van der Waals surface area contributed by atoms with E-state index in [9.17, 15) is 4.79 Å². The Bertz CT molecular complexity index is 825. The Morgan fingerprint density at radius 1 is 0.923 bits per heavy atom. The maximum atomic E-state index is 12.2. The van der Waals surface area contributed by atoms with Crippen LogP contribution in [0.25, 0.3) is 6.08 Å². The van der Waals surface area contributed by atoms with Gasteiger partial charge in [-0.3, -0.25) is 9.69 Å². The fourth-order valence-corrected chi connectivity index (χ4v) is 4.14. The molecule has 132 valence electrons. The van der Waals surface area contributed by atoms with Crippen molar-refractivity contribution in [1.82, 2.24) is 9.80 Å². The monoisotopic (exact) mass is 363 g/mol. The molecule has 1 fully saturated rings. The molecule has 0 atom stereocenters. The van der Waals surface area contributed by atoms with Gasteiger partial charge in [0.1, 0.15) is 0 Å². The molecule has 0 radical (unpaired) electrons. The number of amides is 1. The van der Waals surface area contributed by atoms with Crippen molar-refractivity contribution in [2.24, 2.45) is 4.99 Å². The number of hydrogen-bond donors (Lipinski definition) is 0. The predicted molar refractivity (Wildman–Crippen MR) is 108 cm³/mol. The number of carbonyl (C=O) groups is 1. The molecule has 2 aliphatic rings. The second-order valence-corrected chi connectivity index (χ2v) is 7.48. The van der Waals surface area contributed by atoms with Crippen molar-refractivity contribution in [3.63, 3.8) is 0 Å². The molecule has 0 spiro atoms. The quantitative estimate of drug-likeness (QED) is 0.783. The molecular formula is C21H21N3OS. The average molecular weight is 363 g/mol. The minimum atomic E-state index is -0.124. The minimum Gasteiger partial charge on any atom is -0.348 e. The first kappa shape index (κ1) is 17.1. The molecule has 0 N–H and O–H groups in total. The maximum Gasteiger partial charge on any atom is 0.286 e. The van der Waals surface area contributed by atoms with Gasteiger partial charge in [-0.25, -0.2) is 0 Å². The number of hydrogen-bond acceptors (Lipinski definition) is 4. The van der Waals surface area contributed by atoms with Crippen molar-refractivity contribution in [3.8, 4) is 0 Å².